The van der Waals surface area contributed by atoms with Crippen molar-refractivity contribution in [2.24, 2.45) is 11.1 Å². The average molecular weight is 294 g/mol. The van der Waals surface area contributed by atoms with Gasteiger partial charge in [-0.05, 0) is 44.2 Å². The molecule has 2 atom stereocenters. The molecule has 108 valence electrons. The highest BCUT2D eigenvalue weighted by Gasteiger charge is 2.45. The summed E-state index contributed by atoms with van der Waals surface area (Å²) in [7, 11) is -3.51. The van der Waals surface area contributed by atoms with Crippen molar-refractivity contribution in [2.75, 3.05) is 6.54 Å². The van der Waals surface area contributed by atoms with Crippen molar-refractivity contribution in [1.29, 1.82) is 0 Å². The molecule has 2 bridgehead atoms. The van der Waals surface area contributed by atoms with Crippen molar-refractivity contribution >= 4 is 15.7 Å². The molecule has 1 saturated heterocycles. The number of oxime groups is 1. The highest BCUT2D eigenvalue weighted by Crippen LogP contribution is 2.37. The number of rotatable bonds is 2. The van der Waals surface area contributed by atoms with Gasteiger partial charge < -0.3 is 5.21 Å². The van der Waals surface area contributed by atoms with Crippen LogP contribution in [0.2, 0.25) is 0 Å². The molecule has 6 heteroatoms. The van der Waals surface area contributed by atoms with Crippen molar-refractivity contribution in [1.82, 2.24) is 4.31 Å². The van der Waals surface area contributed by atoms with E-state index in [9.17, 15) is 8.42 Å². The first-order valence-electron chi connectivity index (χ1n) is 6.81. The molecule has 0 aromatic heterocycles. The first-order valence-corrected chi connectivity index (χ1v) is 8.25. The number of hydrogen-bond donors (Lipinski definition) is 1. The molecule has 0 spiro atoms. The minimum absolute atomic E-state index is 0.273. The first kappa shape index (κ1) is 13.6. The maximum absolute atomic E-state index is 12.7. The fraction of sp³-hybridized carbons (Fsp3) is 0.500. The molecule has 1 heterocycles. The Labute approximate surface area is 119 Å². The lowest BCUT2D eigenvalue weighted by molar-refractivity contribution is 0.309. The van der Waals surface area contributed by atoms with Crippen molar-refractivity contribution in [3.8, 4) is 0 Å². The Kier molecular flexibility index (Phi) is 3.30. The maximum Gasteiger partial charge on any atom is 0.243 e. The number of benzene rings is 1. The molecule has 20 heavy (non-hydrogen) atoms. The predicted octanol–water partition coefficient (Wildman–Crippen LogP) is 2.00. The molecule has 0 amide bonds. The third-order valence-corrected chi connectivity index (χ3v) is 6.18. The second kappa shape index (κ2) is 4.86. The zero-order chi connectivity index (χ0) is 14.3. The Balaban J connectivity index is 1.97. The number of hydrogen-bond acceptors (Lipinski definition) is 4. The van der Waals surface area contributed by atoms with Gasteiger partial charge in [-0.15, -0.1) is 0 Å². The molecule has 0 radical (unpaired) electrons. The molecule has 1 N–H and O–H groups in total. The lowest BCUT2D eigenvalue weighted by Gasteiger charge is -2.24. The lowest BCUT2D eigenvalue weighted by atomic mass is 9.89. The smallest absolute Gasteiger partial charge is 0.243 e. The monoisotopic (exact) mass is 294 g/mol. The van der Waals surface area contributed by atoms with Crippen LogP contribution >= 0.6 is 0 Å². The fourth-order valence-corrected chi connectivity index (χ4v) is 4.85. The van der Waals surface area contributed by atoms with Crippen LogP contribution in [0.1, 0.15) is 24.8 Å². The van der Waals surface area contributed by atoms with Gasteiger partial charge in [0.1, 0.15) is 0 Å². The average Bonchev–Trinajstić information content (AvgIpc) is 2.78. The Morgan fingerprint density at radius 1 is 1.30 bits per heavy atom. The predicted molar refractivity (Wildman–Crippen MR) is 75.4 cm³/mol. The quantitative estimate of drug-likeness (QED) is 0.670. The third-order valence-electron chi connectivity index (χ3n) is 4.29. The summed E-state index contributed by atoms with van der Waals surface area (Å²) < 4.78 is 27.0. The largest absolute Gasteiger partial charge is 0.411 e. The second-order valence-electron chi connectivity index (χ2n) is 5.64. The van der Waals surface area contributed by atoms with Crippen LogP contribution in [0, 0.1) is 12.8 Å². The Morgan fingerprint density at radius 2 is 2.00 bits per heavy atom. The van der Waals surface area contributed by atoms with Gasteiger partial charge in [-0.3, -0.25) is 0 Å². The highest BCUT2D eigenvalue weighted by molar-refractivity contribution is 7.89. The molecule has 2 fully saturated rings. The summed E-state index contributed by atoms with van der Waals surface area (Å²) in [5, 5.41) is 12.4. The SMILES string of the molecule is Cc1ccc(S(=O)(=O)N2C[C@H]3CC/C(=N\O)[C@@H]2C3)cc1. The zero-order valence-electron chi connectivity index (χ0n) is 11.4. The summed E-state index contributed by atoms with van der Waals surface area (Å²) in [6.07, 6.45) is 2.35. The summed E-state index contributed by atoms with van der Waals surface area (Å²) in [5.74, 6) is 0.380. The Bertz CT molecular complexity index is 637. The van der Waals surface area contributed by atoms with Crippen LogP contribution < -0.4 is 0 Å². The van der Waals surface area contributed by atoms with Gasteiger partial charge in [-0.25, -0.2) is 8.42 Å². The van der Waals surface area contributed by atoms with Crippen LogP contribution in [0.5, 0.6) is 0 Å². The summed E-state index contributed by atoms with van der Waals surface area (Å²) in [6.45, 7) is 2.45. The summed E-state index contributed by atoms with van der Waals surface area (Å²) >= 11 is 0. The fourth-order valence-electron chi connectivity index (χ4n) is 3.15. The molecule has 1 saturated carbocycles. The maximum atomic E-state index is 12.7. The van der Waals surface area contributed by atoms with Crippen LogP contribution in [-0.4, -0.2) is 36.2 Å². The van der Waals surface area contributed by atoms with E-state index in [-0.39, 0.29) is 6.04 Å². The van der Waals surface area contributed by atoms with E-state index in [0.717, 1.165) is 18.4 Å². The van der Waals surface area contributed by atoms with Gasteiger partial charge in [0.15, 0.2) is 0 Å². The van der Waals surface area contributed by atoms with Crippen LogP contribution in [-0.2, 0) is 10.0 Å². The van der Waals surface area contributed by atoms with Crippen molar-refractivity contribution < 1.29 is 13.6 Å². The topological polar surface area (TPSA) is 70.0 Å². The van der Waals surface area contributed by atoms with Gasteiger partial charge in [0.2, 0.25) is 10.0 Å². The van der Waals surface area contributed by atoms with E-state index in [0.29, 0.717) is 29.5 Å². The van der Waals surface area contributed by atoms with Crippen LogP contribution in [0.4, 0.5) is 0 Å². The zero-order valence-corrected chi connectivity index (χ0v) is 12.2. The highest BCUT2D eigenvalue weighted by atomic mass is 32.2. The van der Waals surface area contributed by atoms with E-state index in [1.807, 2.05) is 6.92 Å². The molecule has 2 aliphatic rings. The van der Waals surface area contributed by atoms with E-state index >= 15 is 0 Å². The summed E-state index contributed by atoms with van der Waals surface area (Å²) in [4.78, 5) is 0.313. The van der Waals surface area contributed by atoms with Gasteiger partial charge in [-0.2, -0.15) is 4.31 Å². The van der Waals surface area contributed by atoms with Crippen LogP contribution in [0.25, 0.3) is 0 Å². The van der Waals surface area contributed by atoms with Crippen LogP contribution in [0.15, 0.2) is 34.3 Å². The molecule has 1 aromatic carbocycles. The van der Waals surface area contributed by atoms with E-state index in [1.54, 1.807) is 24.3 Å². The Hall–Kier alpha value is -1.40. The standard InChI is InChI=1S/C14H18N2O3S/c1-10-2-5-12(6-3-10)20(18,19)16-9-11-4-7-13(15-17)14(16)8-11/h2-3,5-6,11,14,17H,4,7-9H2,1H3/b15-13+/t11-,14-/m0/s1. The molecular weight excluding hydrogens is 276 g/mol. The van der Waals surface area contributed by atoms with E-state index in [2.05, 4.69) is 5.16 Å². The number of nitrogens with zero attached hydrogens (tertiary/aromatic N) is 2. The molecule has 1 aliphatic heterocycles. The minimum atomic E-state index is -3.51. The van der Waals surface area contributed by atoms with Gasteiger partial charge >= 0.3 is 0 Å². The molecule has 1 aliphatic carbocycles. The molecule has 0 unspecified atom stereocenters. The number of aryl methyl sites for hydroxylation is 1. The molecule has 3 rings (SSSR count). The van der Waals surface area contributed by atoms with Gasteiger partial charge in [-0.1, -0.05) is 22.9 Å². The summed E-state index contributed by atoms with van der Waals surface area (Å²) in [6, 6.07) is 6.61. The second-order valence-corrected chi connectivity index (χ2v) is 7.53. The van der Waals surface area contributed by atoms with Crippen molar-refractivity contribution in [3.63, 3.8) is 0 Å². The van der Waals surface area contributed by atoms with E-state index < -0.39 is 10.0 Å². The normalized spacial score (nSPS) is 28.9. The number of fused-ring (bicyclic) bond motifs is 2. The van der Waals surface area contributed by atoms with Crippen LogP contribution in [0.3, 0.4) is 0 Å². The van der Waals surface area contributed by atoms with Gasteiger partial charge in [0.25, 0.3) is 0 Å². The van der Waals surface area contributed by atoms with E-state index in [4.69, 9.17) is 5.21 Å². The number of sulfonamides is 1. The first-order chi connectivity index (χ1) is 9.52. The van der Waals surface area contributed by atoms with Gasteiger partial charge in [0.05, 0.1) is 16.6 Å². The van der Waals surface area contributed by atoms with E-state index in [1.165, 1.54) is 4.31 Å². The third kappa shape index (κ3) is 2.13. The minimum Gasteiger partial charge on any atom is -0.411 e. The Morgan fingerprint density at radius 3 is 2.65 bits per heavy atom. The van der Waals surface area contributed by atoms with Crippen molar-refractivity contribution in [3.05, 3.63) is 29.8 Å². The summed E-state index contributed by atoms with van der Waals surface area (Å²) in [5.41, 5.74) is 1.62. The molecular formula is C14H18N2O3S. The van der Waals surface area contributed by atoms with Crippen molar-refractivity contribution in [2.45, 2.75) is 37.1 Å². The van der Waals surface area contributed by atoms with Gasteiger partial charge in [0, 0.05) is 6.54 Å². The molecule has 1 aromatic rings. The molecule has 5 nitrogen and oxygen atoms in total. The lowest BCUT2D eigenvalue weighted by Crippen LogP contribution is -2.40.